The van der Waals surface area contributed by atoms with Gasteiger partial charge in [0.15, 0.2) is 0 Å². The van der Waals surface area contributed by atoms with E-state index in [0.717, 1.165) is 24.8 Å². The number of hydrogen-bond donors (Lipinski definition) is 3. The van der Waals surface area contributed by atoms with Crippen molar-refractivity contribution in [1.82, 2.24) is 5.32 Å². The minimum absolute atomic E-state index is 0.0322. The first-order valence-electron chi connectivity index (χ1n) is 7.43. The summed E-state index contributed by atoms with van der Waals surface area (Å²) in [5, 5.41) is 10.1. The van der Waals surface area contributed by atoms with Crippen molar-refractivity contribution >= 4 is 17.7 Å². The molecule has 1 saturated heterocycles. The molecule has 1 unspecified atom stereocenters. The average molecular weight is 303 g/mol. The summed E-state index contributed by atoms with van der Waals surface area (Å²) in [5.41, 5.74) is 7.29. The summed E-state index contributed by atoms with van der Waals surface area (Å²) in [7, 11) is 0. The first kappa shape index (κ1) is 16.0. The van der Waals surface area contributed by atoms with Gasteiger partial charge in [-0.3, -0.25) is 15.0 Å². The molecule has 1 heterocycles. The molecule has 0 aromatic heterocycles. The maximum absolute atomic E-state index is 11.7. The zero-order valence-corrected chi connectivity index (χ0v) is 12.4. The van der Waals surface area contributed by atoms with Crippen molar-refractivity contribution < 1.29 is 14.3 Å². The molecule has 0 bridgehead atoms. The Kier molecular flexibility index (Phi) is 5.52. The minimum atomic E-state index is -0.251. The van der Waals surface area contributed by atoms with Crippen molar-refractivity contribution in [3.63, 3.8) is 0 Å². The molecule has 1 aliphatic heterocycles. The molecule has 118 valence electrons. The molecule has 1 aromatic rings. The topological polar surface area (TPSA) is 105 Å². The summed E-state index contributed by atoms with van der Waals surface area (Å²) in [5.74, 6) is -0.216. The third-order valence-electron chi connectivity index (χ3n) is 3.61. The van der Waals surface area contributed by atoms with Crippen LogP contribution in [-0.2, 0) is 20.7 Å². The van der Waals surface area contributed by atoms with E-state index < -0.39 is 0 Å². The van der Waals surface area contributed by atoms with Crippen LogP contribution in [0.5, 0.6) is 0 Å². The van der Waals surface area contributed by atoms with Gasteiger partial charge in [0.1, 0.15) is 12.4 Å². The van der Waals surface area contributed by atoms with Gasteiger partial charge in [0.25, 0.3) is 0 Å². The molecule has 4 N–H and O–H groups in total. The number of nitrogen functional groups attached to an aromatic ring is 1. The molecule has 0 radical (unpaired) electrons. The monoisotopic (exact) mass is 303 g/mol. The van der Waals surface area contributed by atoms with E-state index in [0.29, 0.717) is 6.42 Å². The molecule has 6 heteroatoms. The third kappa shape index (κ3) is 4.87. The number of ether oxygens (including phenoxy) is 1. The van der Waals surface area contributed by atoms with Crippen LogP contribution in [0.3, 0.4) is 0 Å². The lowest BCUT2D eigenvalue weighted by atomic mass is 10.0. The van der Waals surface area contributed by atoms with E-state index in [4.69, 9.17) is 15.9 Å². The Hall–Kier alpha value is -2.37. The van der Waals surface area contributed by atoms with Crippen LogP contribution in [0.2, 0.25) is 0 Å². The van der Waals surface area contributed by atoms with Crippen LogP contribution >= 0.6 is 0 Å². The van der Waals surface area contributed by atoms with E-state index in [1.54, 1.807) is 0 Å². The number of nitrogens with one attached hydrogen (secondary N) is 2. The van der Waals surface area contributed by atoms with Gasteiger partial charge in [0, 0.05) is 12.0 Å². The van der Waals surface area contributed by atoms with Crippen molar-refractivity contribution in [2.24, 2.45) is 5.73 Å². The fourth-order valence-electron chi connectivity index (χ4n) is 2.37. The summed E-state index contributed by atoms with van der Waals surface area (Å²) in [6.45, 7) is 0.285. The molecule has 0 spiro atoms. The SMILES string of the molecule is N=C(N)c1ccc(CCCCC(=O)NC2COC(=O)C2)cc1. The molecular weight excluding hydrogens is 282 g/mol. The van der Waals surface area contributed by atoms with Crippen LogP contribution in [0.1, 0.15) is 36.8 Å². The fourth-order valence-corrected chi connectivity index (χ4v) is 2.37. The summed E-state index contributed by atoms with van der Waals surface area (Å²) in [6.07, 6.45) is 3.32. The molecule has 0 aliphatic carbocycles. The fraction of sp³-hybridized carbons (Fsp3) is 0.438. The summed E-state index contributed by atoms with van der Waals surface area (Å²) in [4.78, 5) is 22.6. The highest BCUT2D eigenvalue weighted by Gasteiger charge is 2.24. The standard InChI is InChI=1S/C16H21N3O3/c17-16(18)12-7-5-11(6-8-12)3-1-2-4-14(20)19-13-9-15(21)22-10-13/h5-8,13H,1-4,9-10H2,(H3,17,18)(H,19,20). The predicted molar refractivity (Wildman–Crippen MR) is 82.5 cm³/mol. The van der Waals surface area contributed by atoms with Gasteiger partial charge in [0.05, 0.1) is 12.5 Å². The predicted octanol–water partition coefficient (Wildman–Crippen LogP) is 1.12. The summed E-state index contributed by atoms with van der Waals surface area (Å²) < 4.78 is 4.80. The van der Waals surface area contributed by atoms with Gasteiger partial charge in [-0.15, -0.1) is 0 Å². The second-order valence-electron chi connectivity index (χ2n) is 5.47. The molecule has 1 atom stereocenters. The Morgan fingerprint density at radius 1 is 1.32 bits per heavy atom. The van der Waals surface area contributed by atoms with Crippen LogP contribution in [0, 0.1) is 5.41 Å². The highest BCUT2D eigenvalue weighted by Crippen LogP contribution is 2.10. The molecule has 1 fully saturated rings. The Morgan fingerprint density at radius 3 is 2.64 bits per heavy atom. The van der Waals surface area contributed by atoms with Crippen molar-refractivity contribution in [3.8, 4) is 0 Å². The molecule has 0 saturated carbocycles. The van der Waals surface area contributed by atoms with Gasteiger partial charge >= 0.3 is 5.97 Å². The normalized spacial score (nSPS) is 17.1. The van der Waals surface area contributed by atoms with Gasteiger partial charge in [-0.1, -0.05) is 24.3 Å². The van der Waals surface area contributed by atoms with Gasteiger partial charge in [-0.2, -0.15) is 0 Å². The van der Waals surface area contributed by atoms with Crippen LogP contribution in [0.4, 0.5) is 0 Å². The second kappa shape index (κ2) is 7.59. The number of amides is 1. The number of rotatable bonds is 7. The number of carbonyl (C=O) groups excluding carboxylic acids is 2. The molecule has 1 amide bonds. The number of amidine groups is 1. The van der Waals surface area contributed by atoms with E-state index in [1.807, 2.05) is 24.3 Å². The van der Waals surface area contributed by atoms with Gasteiger partial charge in [-0.05, 0) is 24.8 Å². The zero-order chi connectivity index (χ0) is 15.9. The number of esters is 1. The number of unbranched alkanes of at least 4 members (excludes halogenated alkanes) is 1. The summed E-state index contributed by atoms with van der Waals surface area (Å²) >= 11 is 0. The lowest BCUT2D eigenvalue weighted by Crippen LogP contribution is -2.34. The number of benzene rings is 1. The van der Waals surface area contributed by atoms with Crippen molar-refractivity contribution in [2.75, 3.05) is 6.61 Å². The van der Waals surface area contributed by atoms with Gasteiger partial charge in [0.2, 0.25) is 5.91 Å². The number of aryl methyl sites for hydroxylation is 1. The van der Waals surface area contributed by atoms with Gasteiger partial charge in [-0.25, -0.2) is 0 Å². The van der Waals surface area contributed by atoms with Crippen molar-refractivity contribution in [2.45, 2.75) is 38.1 Å². The van der Waals surface area contributed by atoms with Crippen LogP contribution in [-0.4, -0.2) is 30.4 Å². The lowest BCUT2D eigenvalue weighted by molar-refractivity contribution is -0.138. The van der Waals surface area contributed by atoms with Crippen LogP contribution < -0.4 is 11.1 Å². The minimum Gasteiger partial charge on any atom is -0.463 e. The van der Waals surface area contributed by atoms with E-state index in [2.05, 4.69) is 5.32 Å². The van der Waals surface area contributed by atoms with E-state index in [9.17, 15) is 9.59 Å². The van der Waals surface area contributed by atoms with E-state index >= 15 is 0 Å². The summed E-state index contributed by atoms with van der Waals surface area (Å²) in [6, 6.07) is 7.42. The molecule has 1 aromatic carbocycles. The molecule has 1 aliphatic rings. The maximum atomic E-state index is 11.7. The van der Waals surface area contributed by atoms with E-state index in [1.165, 1.54) is 5.56 Å². The number of cyclic esters (lactones) is 1. The Bertz CT molecular complexity index is 554. The van der Waals surface area contributed by atoms with Crippen molar-refractivity contribution in [3.05, 3.63) is 35.4 Å². The van der Waals surface area contributed by atoms with Crippen LogP contribution in [0.25, 0.3) is 0 Å². The quantitative estimate of drug-likeness (QED) is 0.304. The highest BCUT2D eigenvalue weighted by molar-refractivity contribution is 5.94. The smallest absolute Gasteiger partial charge is 0.308 e. The second-order valence-corrected chi connectivity index (χ2v) is 5.47. The third-order valence-corrected chi connectivity index (χ3v) is 3.61. The first-order chi connectivity index (χ1) is 10.5. The molecule has 22 heavy (non-hydrogen) atoms. The Balaban J connectivity index is 1.63. The highest BCUT2D eigenvalue weighted by atomic mass is 16.5. The zero-order valence-electron chi connectivity index (χ0n) is 12.4. The maximum Gasteiger partial charge on any atom is 0.308 e. The average Bonchev–Trinajstić information content (AvgIpc) is 2.89. The number of hydrogen-bond acceptors (Lipinski definition) is 4. The molecular formula is C16H21N3O3. The van der Waals surface area contributed by atoms with E-state index in [-0.39, 0.29) is 36.8 Å². The Morgan fingerprint density at radius 2 is 2.05 bits per heavy atom. The Labute approximate surface area is 129 Å². The lowest BCUT2D eigenvalue weighted by Gasteiger charge is -2.09. The largest absolute Gasteiger partial charge is 0.463 e. The molecule has 6 nitrogen and oxygen atoms in total. The first-order valence-corrected chi connectivity index (χ1v) is 7.43. The number of nitrogens with two attached hydrogens (primary N) is 1. The molecule has 2 rings (SSSR count). The van der Waals surface area contributed by atoms with Crippen molar-refractivity contribution in [1.29, 1.82) is 5.41 Å². The van der Waals surface area contributed by atoms with Gasteiger partial charge < -0.3 is 15.8 Å². The number of carbonyl (C=O) groups is 2. The van der Waals surface area contributed by atoms with Crippen LogP contribution in [0.15, 0.2) is 24.3 Å².